The Hall–Kier alpha value is -0.830. The number of piperidine rings is 1. The van der Waals surface area contributed by atoms with E-state index < -0.39 is 0 Å². The van der Waals surface area contributed by atoms with Gasteiger partial charge >= 0.3 is 0 Å². The van der Waals surface area contributed by atoms with Gasteiger partial charge in [0.1, 0.15) is 0 Å². The van der Waals surface area contributed by atoms with E-state index in [4.69, 9.17) is 0 Å². The number of carbonyl (C=O) groups excluding carboxylic acids is 1. The van der Waals surface area contributed by atoms with Gasteiger partial charge in [0.25, 0.3) is 0 Å². The molecule has 0 saturated carbocycles. The van der Waals surface area contributed by atoms with Crippen molar-refractivity contribution >= 4 is 21.8 Å². The molecule has 1 heterocycles. The molecule has 2 aliphatic rings. The van der Waals surface area contributed by atoms with Crippen LogP contribution in [0.4, 0.5) is 0 Å². The van der Waals surface area contributed by atoms with E-state index in [9.17, 15) is 4.79 Å². The van der Waals surface area contributed by atoms with Crippen LogP contribution in [0, 0.1) is 0 Å². The Kier molecular flexibility index (Phi) is 2.95. The zero-order valence-corrected chi connectivity index (χ0v) is 11.3. The lowest BCUT2D eigenvalue weighted by Crippen LogP contribution is -2.43. The Bertz CT molecular complexity index is 446. The fraction of sp³-hybridized carbons (Fsp3) is 0.500. The maximum absolute atomic E-state index is 12.2. The molecule has 2 unspecified atom stereocenters. The largest absolute Gasteiger partial charge is 0.335 e. The first kappa shape index (κ1) is 11.3. The highest BCUT2D eigenvalue weighted by Gasteiger charge is 2.35. The fourth-order valence-corrected chi connectivity index (χ4v) is 3.61. The minimum Gasteiger partial charge on any atom is -0.335 e. The molecule has 1 aromatic rings. The van der Waals surface area contributed by atoms with Crippen molar-refractivity contribution in [2.45, 2.75) is 36.6 Å². The zero-order chi connectivity index (χ0) is 11.8. The van der Waals surface area contributed by atoms with Crippen molar-refractivity contribution in [2.24, 2.45) is 0 Å². The first-order valence-corrected chi connectivity index (χ1v) is 7.21. The number of aryl methyl sites for hydroxylation is 1. The van der Waals surface area contributed by atoms with Gasteiger partial charge in [-0.3, -0.25) is 4.79 Å². The molecule has 3 rings (SSSR count). The first-order valence-electron chi connectivity index (χ1n) is 6.30. The molecule has 0 radical (unpaired) electrons. The van der Waals surface area contributed by atoms with Gasteiger partial charge in [0.15, 0.2) is 0 Å². The second kappa shape index (κ2) is 4.45. The summed E-state index contributed by atoms with van der Waals surface area (Å²) in [5.74, 6) is 0.276. The molecule has 1 fully saturated rings. The van der Waals surface area contributed by atoms with E-state index >= 15 is 0 Å². The third kappa shape index (κ3) is 1.90. The lowest BCUT2D eigenvalue weighted by molar-refractivity contribution is -0.135. The summed E-state index contributed by atoms with van der Waals surface area (Å²) in [4.78, 5) is 14.3. The number of alkyl halides is 1. The van der Waals surface area contributed by atoms with Gasteiger partial charge in [-0.1, -0.05) is 40.2 Å². The van der Waals surface area contributed by atoms with E-state index in [2.05, 4.69) is 45.1 Å². The molecule has 17 heavy (non-hydrogen) atoms. The van der Waals surface area contributed by atoms with Crippen LogP contribution >= 0.6 is 15.9 Å². The zero-order valence-electron chi connectivity index (χ0n) is 9.73. The van der Waals surface area contributed by atoms with E-state index in [0.29, 0.717) is 6.04 Å². The minimum atomic E-state index is 0.0315. The van der Waals surface area contributed by atoms with Gasteiger partial charge in [0, 0.05) is 6.54 Å². The van der Waals surface area contributed by atoms with Crippen LogP contribution in [0.5, 0.6) is 0 Å². The van der Waals surface area contributed by atoms with Gasteiger partial charge < -0.3 is 4.90 Å². The van der Waals surface area contributed by atoms with Crippen molar-refractivity contribution in [1.29, 1.82) is 0 Å². The van der Waals surface area contributed by atoms with Gasteiger partial charge in [-0.2, -0.15) is 0 Å². The Morgan fingerprint density at radius 3 is 2.94 bits per heavy atom. The molecule has 1 aliphatic carbocycles. The minimum absolute atomic E-state index is 0.0315. The predicted octanol–water partition coefficient (Wildman–Crippen LogP) is 3.06. The first-order chi connectivity index (χ1) is 8.27. The van der Waals surface area contributed by atoms with E-state index in [1.165, 1.54) is 11.1 Å². The Balaban J connectivity index is 1.89. The highest BCUT2D eigenvalue weighted by molar-refractivity contribution is 9.10. The van der Waals surface area contributed by atoms with Crippen LogP contribution in [0.15, 0.2) is 24.3 Å². The molecule has 0 bridgehead atoms. The van der Waals surface area contributed by atoms with Crippen molar-refractivity contribution in [3.63, 3.8) is 0 Å². The molecule has 1 aliphatic heterocycles. The molecule has 0 spiro atoms. The number of rotatable bonds is 1. The molecule has 1 amide bonds. The van der Waals surface area contributed by atoms with E-state index in [1.807, 2.05) is 0 Å². The van der Waals surface area contributed by atoms with E-state index in [-0.39, 0.29) is 10.7 Å². The summed E-state index contributed by atoms with van der Waals surface area (Å²) in [6, 6.07) is 8.86. The molecule has 90 valence electrons. The number of halogens is 1. The van der Waals surface area contributed by atoms with Crippen molar-refractivity contribution in [3.8, 4) is 0 Å². The van der Waals surface area contributed by atoms with Gasteiger partial charge in [-0.05, 0) is 36.8 Å². The van der Waals surface area contributed by atoms with Crippen LogP contribution in [-0.4, -0.2) is 22.2 Å². The maximum Gasteiger partial charge on any atom is 0.236 e. The Morgan fingerprint density at radius 1 is 1.24 bits per heavy atom. The SMILES string of the molecule is O=C1C(Br)CCCN1C1CCc2ccccc21. The number of hydrogen-bond acceptors (Lipinski definition) is 1. The quantitative estimate of drug-likeness (QED) is 0.729. The molecule has 3 heteroatoms. The highest BCUT2D eigenvalue weighted by atomic mass is 79.9. The number of fused-ring (bicyclic) bond motifs is 1. The molecule has 1 saturated heterocycles. The van der Waals surface area contributed by atoms with Crippen molar-refractivity contribution in [1.82, 2.24) is 4.90 Å². The van der Waals surface area contributed by atoms with Crippen molar-refractivity contribution in [2.75, 3.05) is 6.54 Å². The number of benzene rings is 1. The molecule has 0 N–H and O–H groups in total. The summed E-state index contributed by atoms with van der Waals surface area (Å²) in [5.41, 5.74) is 2.78. The van der Waals surface area contributed by atoms with Crippen molar-refractivity contribution in [3.05, 3.63) is 35.4 Å². The lowest BCUT2D eigenvalue weighted by atomic mass is 10.0. The van der Waals surface area contributed by atoms with Crippen LogP contribution in [0.2, 0.25) is 0 Å². The molecule has 0 aromatic heterocycles. The van der Waals surface area contributed by atoms with Crippen LogP contribution in [0.1, 0.15) is 36.4 Å². The molecular weight excluding hydrogens is 278 g/mol. The average Bonchev–Trinajstić information content (AvgIpc) is 2.77. The number of nitrogens with zero attached hydrogens (tertiary/aromatic N) is 1. The fourth-order valence-electron chi connectivity index (χ4n) is 3.02. The van der Waals surface area contributed by atoms with Crippen LogP contribution < -0.4 is 0 Å². The van der Waals surface area contributed by atoms with Crippen LogP contribution in [0.3, 0.4) is 0 Å². The maximum atomic E-state index is 12.2. The second-order valence-corrected chi connectivity index (χ2v) is 6.00. The summed E-state index contributed by atoms with van der Waals surface area (Å²) in [6.07, 6.45) is 4.28. The number of amides is 1. The molecule has 1 aromatic carbocycles. The summed E-state index contributed by atoms with van der Waals surface area (Å²) in [7, 11) is 0. The van der Waals surface area contributed by atoms with Gasteiger partial charge in [0.05, 0.1) is 10.9 Å². The summed E-state index contributed by atoms with van der Waals surface area (Å²) in [5, 5.41) is 0. The highest BCUT2D eigenvalue weighted by Crippen LogP contribution is 2.38. The van der Waals surface area contributed by atoms with Crippen molar-refractivity contribution < 1.29 is 4.79 Å². The van der Waals surface area contributed by atoms with Crippen LogP contribution in [-0.2, 0) is 11.2 Å². The third-order valence-electron chi connectivity index (χ3n) is 3.89. The third-order valence-corrected chi connectivity index (χ3v) is 4.73. The topological polar surface area (TPSA) is 20.3 Å². The Labute approximate surface area is 110 Å². The summed E-state index contributed by atoms with van der Waals surface area (Å²) < 4.78 is 0. The summed E-state index contributed by atoms with van der Waals surface area (Å²) in [6.45, 7) is 0.917. The lowest BCUT2D eigenvalue weighted by Gasteiger charge is -2.35. The molecular formula is C14H16BrNO. The van der Waals surface area contributed by atoms with E-state index in [1.54, 1.807) is 0 Å². The standard InChI is InChI=1S/C14H16BrNO/c15-12-6-3-9-16(14(12)17)13-8-7-10-4-1-2-5-11(10)13/h1-2,4-5,12-13H,3,6-9H2. The normalized spacial score (nSPS) is 28.3. The Morgan fingerprint density at radius 2 is 2.06 bits per heavy atom. The number of hydrogen-bond donors (Lipinski definition) is 0. The number of carbonyl (C=O) groups is 1. The van der Waals surface area contributed by atoms with Gasteiger partial charge in [-0.25, -0.2) is 0 Å². The van der Waals surface area contributed by atoms with Crippen LogP contribution in [0.25, 0.3) is 0 Å². The second-order valence-electron chi connectivity index (χ2n) is 4.89. The van der Waals surface area contributed by atoms with E-state index in [0.717, 1.165) is 32.2 Å². The van der Waals surface area contributed by atoms with Gasteiger partial charge in [-0.15, -0.1) is 0 Å². The number of likely N-dealkylation sites (tertiary alicyclic amines) is 1. The summed E-state index contributed by atoms with van der Waals surface area (Å²) >= 11 is 3.49. The smallest absolute Gasteiger partial charge is 0.236 e. The predicted molar refractivity (Wildman–Crippen MR) is 71.2 cm³/mol. The average molecular weight is 294 g/mol. The molecule has 2 nitrogen and oxygen atoms in total. The van der Waals surface area contributed by atoms with Gasteiger partial charge in [0.2, 0.25) is 5.91 Å². The molecule has 2 atom stereocenters. The monoisotopic (exact) mass is 293 g/mol.